The third kappa shape index (κ3) is 4.86. The van der Waals surface area contributed by atoms with Crippen LogP contribution in [-0.4, -0.2) is 40.5 Å². The van der Waals surface area contributed by atoms with Gasteiger partial charge in [0, 0.05) is 5.54 Å². The number of amides is 1. The van der Waals surface area contributed by atoms with Gasteiger partial charge in [-0.15, -0.1) is 0 Å². The lowest BCUT2D eigenvalue weighted by molar-refractivity contribution is -0.139. The molecule has 1 aromatic carbocycles. The summed E-state index contributed by atoms with van der Waals surface area (Å²) < 4.78 is 0. The van der Waals surface area contributed by atoms with Crippen molar-refractivity contribution in [3.8, 4) is 0 Å². The van der Waals surface area contributed by atoms with Gasteiger partial charge in [-0.3, -0.25) is 14.5 Å². The Morgan fingerprint density at radius 2 is 1.81 bits per heavy atom. The molecule has 1 unspecified atom stereocenters. The highest BCUT2D eigenvalue weighted by atomic mass is 16.4. The average Bonchev–Trinajstić information content (AvgIpc) is 2.41. The SMILES string of the molecule is CCN(C(C(=O)NCC(=O)O)c1ccccc1)C(C)(C)C. The molecule has 116 valence electrons. The number of carboxylic acids is 1. The molecule has 1 aromatic rings. The van der Waals surface area contributed by atoms with Gasteiger partial charge in [-0.2, -0.15) is 0 Å². The normalized spacial score (nSPS) is 13.0. The minimum atomic E-state index is -1.05. The van der Waals surface area contributed by atoms with E-state index in [0.717, 1.165) is 5.56 Å². The maximum atomic E-state index is 12.5. The summed E-state index contributed by atoms with van der Waals surface area (Å²) in [6.07, 6.45) is 0. The largest absolute Gasteiger partial charge is 0.480 e. The Hall–Kier alpha value is -1.88. The molecule has 0 aliphatic heterocycles. The fourth-order valence-electron chi connectivity index (χ4n) is 2.41. The van der Waals surface area contributed by atoms with E-state index in [4.69, 9.17) is 5.11 Å². The van der Waals surface area contributed by atoms with Gasteiger partial charge in [-0.1, -0.05) is 37.3 Å². The molecule has 2 N–H and O–H groups in total. The number of carbonyl (C=O) groups excluding carboxylic acids is 1. The zero-order chi connectivity index (χ0) is 16.0. The summed E-state index contributed by atoms with van der Waals surface area (Å²) in [6.45, 7) is 8.42. The first kappa shape index (κ1) is 17.2. The lowest BCUT2D eigenvalue weighted by atomic mass is 9.97. The number of hydrogen-bond acceptors (Lipinski definition) is 3. The first-order chi connectivity index (χ1) is 9.77. The molecule has 1 rings (SSSR count). The second-order valence-corrected chi connectivity index (χ2v) is 5.88. The van der Waals surface area contributed by atoms with E-state index in [0.29, 0.717) is 6.54 Å². The van der Waals surface area contributed by atoms with Gasteiger partial charge < -0.3 is 10.4 Å². The lowest BCUT2D eigenvalue weighted by Gasteiger charge is -2.40. The van der Waals surface area contributed by atoms with E-state index in [2.05, 4.69) is 10.2 Å². The molecule has 5 heteroatoms. The zero-order valence-corrected chi connectivity index (χ0v) is 13.1. The maximum Gasteiger partial charge on any atom is 0.322 e. The van der Waals surface area contributed by atoms with Crippen LogP contribution in [0.3, 0.4) is 0 Å². The van der Waals surface area contributed by atoms with Crippen LogP contribution in [0.25, 0.3) is 0 Å². The van der Waals surface area contributed by atoms with Crippen LogP contribution in [0.2, 0.25) is 0 Å². The van der Waals surface area contributed by atoms with Crippen molar-refractivity contribution in [2.75, 3.05) is 13.1 Å². The fraction of sp³-hybridized carbons (Fsp3) is 0.500. The lowest BCUT2D eigenvalue weighted by Crippen LogP contribution is -2.49. The van der Waals surface area contributed by atoms with Crippen molar-refractivity contribution in [2.45, 2.75) is 39.3 Å². The molecular weight excluding hydrogens is 268 g/mol. The Bertz CT molecular complexity index is 480. The molecule has 1 atom stereocenters. The van der Waals surface area contributed by atoms with Crippen LogP contribution in [0.4, 0.5) is 0 Å². The highest BCUT2D eigenvalue weighted by Crippen LogP contribution is 2.28. The third-order valence-corrected chi connectivity index (χ3v) is 3.29. The molecule has 0 heterocycles. The van der Waals surface area contributed by atoms with E-state index >= 15 is 0 Å². The van der Waals surface area contributed by atoms with Crippen molar-refractivity contribution in [2.24, 2.45) is 0 Å². The molecule has 0 aromatic heterocycles. The maximum absolute atomic E-state index is 12.5. The van der Waals surface area contributed by atoms with Crippen LogP contribution < -0.4 is 5.32 Å². The summed E-state index contributed by atoms with van der Waals surface area (Å²) in [6, 6.07) is 8.92. The van der Waals surface area contributed by atoms with Crippen LogP contribution in [0.1, 0.15) is 39.3 Å². The first-order valence-corrected chi connectivity index (χ1v) is 7.08. The van der Waals surface area contributed by atoms with E-state index in [-0.39, 0.29) is 18.0 Å². The van der Waals surface area contributed by atoms with Gasteiger partial charge in [-0.25, -0.2) is 0 Å². The van der Waals surface area contributed by atoms with E-state index in [9.17, 15) is 9.59 Å². The summed E-state index contributed by atoms with van der Waals surface area (Å²) >= 11 is 0. The molecule has 0 aliphatic rings. The summed E-state index contributed by atoms with van der Waals surface area (Å²) in [5, 5.41) is 11.2. The van der Waals surface area contributed by atoms with Crippen molar-refractivity contribution in [3.05, 3.63) is 35.9 Å². The summed E-state index contributed by atoms with van der Waals surface area (Å²) in [7, 11) is 0. The van der Waals surface area contributed by atoms with Crippen molar-refractivity contribution >= 4 is 11.9 Å². The number of rotatable bonds is 6. The van der Waals surface area contributed by atoms with Gasteiger partial charge in [0.15, 0.2) is 0 Å². The zero-order valence-electron chi connectivity index (χ0n) is 13.1. The number of aliphatic carboxylic acids is 1. The molecule has 0 bridgehead atoms. The predicted octanol–water partition coefficient (Wildman–Crippen LogP) is 2.05. The van der Waals surface area contributed by atoms with Gasteiger partial charge >= 0.3 is 5.97 Å². The van der Waals surface area contributed by atoms with Crippen LogP contribution in [-0.2, 0) is 9.59 Å². The molecule has 21 heavy (non-hydrogen) atoms. The highest BCUT2D eigenvalue weighted by Gasteiger charge is 2.33. The monoisotopic (exact) mass is 292 g/mol. The number of likely N-dealkylation sites (N-methyl/N-ethyl adjacent to an activating group) is 1. The third-order valence-electron chi connectivity index (χ3n) is 3.29. The molecule has 5 nitrogen and oxygen atoms in total. The Labute approximate surface area is 126 Å². The van der Waals surface area contributed by atoms with Crippen molar-refractivity contribution in [1.82, 2.24) is 10.2 Å². The minimum absolute atomic E-state index is 0.212. The summed E-state index contributed by atoms with van der Waals surface area (Å²) in [5.74, 6) is -1.34. The summed E-state index contributed by atoms with van der Waals surface area (Å²) in [5.41, 5.74) is 0.646. The smallest absolute Gasteiger partial charge is 0.322 e. The van der Waals surface area contributed by atoms with Crippen molar-refractivity contribution in [3.63, 3.8) is 0 Å². The van der Waals surface area contributed by atoms with Gasteiger partial charge in [0.1, 0.15) is 12.6 Å². The summed E-state index contributed by atoms with van der Waals surface area (Å²) in [4.78, 5) is 25.2. The van der Waals surface area contributed by atoms with Crippen LogP contribution in [0.5, 0.6) is 0 Å². The number of benzene rings is 1. The second kappa shape index (κ2) is 7.22. The van der Waals surface area contributed by atoms with Gasteiger partial charge in [0.2, 0.25) is 5.91 Å². The number of carbonyl (C=O) groups is 2. The van der Waals surface area contributed by atoms with E-state index in [1.54, 1.807) is 0 Å². The van der Waals surface area contributed by atoms with Crippen LogP contribution in [0, 0.1) is 0 Å². The quantitative estimate of drug-likeness (QED) is 0.842. The Morgan fingerprint density at radius 1 is 1.24 bits per heavy atom. The molecule has 0 fully saturated rings. The molecule has 0 aliphatic carbocycles. The molecular formula is C16H24N2O3. The van der Waals surface area contributed by atoms with Crippen LogP contribution >= 0.6 is 0 Å². The van der Waals surface area contributed by atoms with Gasteiger partial charge in [0.25, 0.3) is 0 Å². The highest BCUT2D eigenvalue weighted by molar-refractivity contribution is 5.86. The number of nitrogens with one attached hydrogen (secondary N) is 1. The molecule has 0 saturated heterocycles. The van der Waals surface area contributed by atoms with E-state index in [1.807, 2.05) is 58.0 Å². The Morgan fingerprint density at radius 3 is 2.24 bits per heavy atom. The van der Waals surface area contributed by atoms with E-state index < -0.39 is 12.0 Å². The Balaban J connectivity index is 3.11. The first-order valence-electron chi connectivity index (χ1n) is 7.08. The average molecular weight is 292 g/mol. The molecule has 0 radical (unpaired) electrons. The van der Waals surface area contributed by atoms with Gasteiger partial charge in [-0.05, 0) is 32.9 Å². The van der Waals surface area contributed by atoms with Crippen molar-refractivity contribution < 1.29 is 14.7 Å². The number of nitrogens with zero attached hydrogens (tertiary/aromatic N) is 1. The predicted molar refractivity (Wildman–Crippen MR) is 82.0 cm³/mol. The Kier molecular flexibility index (Phi) is 5.90. The van der Waals surface area contributed by atoms with Crippen LogP contribution in [0.15, 0.2) is 30.3 Å². The molecule has 1 amide bonds. The standard InChI is InChI=1S/C16H24N2O3/c1-5-18(16(2,3)4)14(12-9-7-6-8-10-12)15(21)17-11-13(19)20/h6-10,14H,5,11H2,1-4H3,(H,17,21)(H,19,20). The van der Waals surface area contributed by atoms with E-state index in [1.165, 1.54) is 0 Å². The number of carboxylic acid groups (broad SMARTS) is 1. The number of hydrogen-bond donors (Lipinski definition) is 2. The second-order valence-electron chi connectivity index (χ2n) is 5.88. The minimum Gasteiger partial charge on any atom is -0.480 e. The molecule has 0 spiro atoms. The fourth-order valence-corrected chi connectivity index (χ4v) is 2.41. The molecule has 0 saturated carbocycles. The van der Waals surface area contributed by atoms with Gasteiger partial charge in [0.05, 0.1) is 0 Å². The van der Waals surface area contributed by atoms with Crippen molar-refractivity contribution in [1.29, 1.82) is 0 Å². The topological polar surface area (TPSA) is 69.6 Å².